The summed E-state index contributed by atoms with van der Waals surface area (Å²) in [7, 11) is 1.19. The lowest BCUT2D eigenvalue weighted by atomic mass is 10.2. The van der Waals surface area contributed by atoms with Gasteiger partial charge in [-0.3, -0.25) is 0 Å². The summed E-state index contributed by atoms with van der Waals surface area (Å²) in [6.07, 6.45) is 0. The van der Waals surface area contributed by atoms with Crippen LogP contribution in [-0.2, 0) is 4.74 Å². The van der Waals surface area contributed by atoms with E-state index in [0.29, 0.717) is 0 Å². The number of carbonyl (C=O) groups is 1. The van der Waals surface area contributed by atoms with Crippen LogP contribution in [0.15, 0.2) is 18.2 Å². The van der Waals surface area contributed by atoms with Gasteiger partial charge in [-0.2, -0.15) is 0 Å². The number of alkyl halides is 1. The van der Waals surface area contributed by atoms with Crippen LogP contribution in [-0.4, -0.2) is 19.9 Å². The summed E-state index contributed by atoms with van der Waals surface area (Å²) >= 11 is 0. The van der Waals surface area contributed by atoms with Crippen molar-refractivity contribution in [1.82, 2.24) is 0 Å². The molecule has 0 amide bonds. The third-order valence-corrected chi connectivity index (χ3v) is 1.56. The second-order valence-corrected chi connectivity index (χ2v) is 2.39. The maximum atomic E-state index is 13.0. The van der Waals surface area contributed by atoms with Gasteiger partial charge in [0.2, 0.25) is 6.86 Å². The number of ether oxygens (including phenoxy) is 2. The Hall–Kier alpha value is -1.65. The molecule has 76 valence electrons. The molecule has 0 aliphatic rings. The van der Waals surface area contributed by atoms with E-state index in [4.69, 9.17) is 0 Å². The van der Waals surface area contributed by atoms with Gasteiger partial charge in [0.1, 0.15) is 0 Å². The maximum Gasteiger partial charge on any atom is 0.337 e. The van der Waals surface area contributed by atoms with Crippen molar-refractivity contribution in [3.63, 3.8) is 0 Å². The zero-order chi connectivity index (χ0) is 10.6. The van der Waals surface area contributed by atoms with Crippen molar-refractivity contribution in [2.45, 2.75) is 0 Å². The molecule has 0 unspecified atom stereocenters. The number of rotatable bonds is 3. The van der Waals surface area contributed by atoms with Crippen LogP contribution in [0.2, 0.25) is 0 Å². The molecule has 14 heavy (non-hydrogen) atoms. The average molecular weight is 202 g/mol. The summed E-state index contributed by atoms with van der Waals surface area (Å²) in [6, 6.07) is 3.39. The number of hydrogen-bond acceptors (Lipinski definition) is 3. The van der Waals surface area contributed by atoms with Gasteiger partial charge < -0.3 is 9.47 Å². The van der Waals surface area contributed by atoms with Gasteiger partial charge in [0, 0.05) is 0 Å². The van der Waals surface area contributed by atoms with E-state index in [-0.39, 0.29) is 11.3 Å². The van der Waals surface area contributed by atoms with Gasteiger partial charge in [-0.15, -0.1) is 0 Å². The molecule has 0 bridgehead atoms. The Bertz CT molecular complexity index is 339. The Morgan fingerprint density at radius 1 is 1.50 bits per heavy atom. The summed E-state index contributed by atoms with van der Waals surface area (Å²) in [5.41, 5.74) is 0.0520. The third kappa shape index (κ3) is 2.18. The molecule has 1 aromatic carbocycles. The van der Waals surface area contributed by atoms with Crippen LogP contribution < -0.4 is 4.74 Å². The topological polar surface area (TPSA) is 35.5 Å². The van der Waals surface area contributed by atoms with Gasteiger partial charge in [0.15, 0.2) is 11.6 Å². The number of methoxy groups -OCH3 is 1. The lowest BCUT2D eigenvalue weighted by Gasteiger charge is -2.04. The fraction of sp³-hybridized carbons (Fsp3) is 0.222. The van der Waals surface area contributed by atoms with Crippen molar-refractivity contribution in [2.24, 2.45) is 0 Å². The molecule has 0 aliphatic heterocycles. The lowest BCUT2D eigenvalue weighted by Crippen LogP contribution is -2.02. The molecule has 0 aromatic heterocycles. The maximum absolute atomic E-state index is 13.0. The van der Waals surface area contributed by atoms with E-state index in [1.54, 1.807) is 0 Å². The van der Waals surface area contributed by atoms with Crippen molar-refractivity contribution in [2.75, 3.05) is 14.0 Å². The summed E-state index contributed by atoms with van der Waals surface area (Å²) in [4.78, 5) is 10.9. The second kappa shape index (κ2) is 4.55. The van der Waals surface area contributed by atoms with E-state index < -0.39 is 18.6 Å². The third-order valence-electron chi connectivity index (χ3n) is 1.56. The summed E-state index contributed by atoms with van der Waals surface area (Å²) in [5.74, 6) is -1.69. The molecule has 0 saturated heterocycles. The monoisotopic (exact) mass is 202 g/mol. The number of esters is 1. The highest BCUT2D eigenvalue weighted by molar-refractivity contribution is 5.89. The van der Waals surface area contributed by atoms with Crippen molar-refractivity contribution in [3.8, 4) is 5.75 Å². The number of hydrogen-bond donors (Lipinski definition) is 0. The van der Waals surface area contributed by atoms with Crippen molar-refractivity contribution < 1.29 is 23.0 Å². The molecule has 0 fully saturated rings. The Morgan fingerprint density at radius 3 is 2.71 bits per heavy atom. The van der Waals surface area contributed by atoms with Crippen LogP contribution in [0.5, 0.6) is 5.75 Å². The quantitative estimate of drug-likeness (QED) is 0.702. The van der Waals surface area contributed by atoms with E-state index in [1.165, 1.54) is 19.2 Å². The Morgan fingerprint density at radius 2 is 2.21 bits per heavy atom. The zero-order valence-electron chi connectivity index (χ0n) is 7.42. The van der Waals surface area contributed by atoms with Gasteiger partial charge in [-0.1, -0.05) is 0 Å². The van der Waals surface area contributed by atoms with Crippen LogP contribution in [0.1, 0.15) is 10.4 Å². The van der Waals surface area contributed by atoms with Gasteiger partial charge in [-0.25, -0.2) is 13.6 Å². The first-order chi connectivity index (χ1) is 6.69. The fourth-order valence-corrected chi connectivity index (χ4v) is 0.921. The summed E-state index contributed by atoms with van der Waals surface area (Å²) in [5, 5.41) is 0. The molecule has 0 atom stereocenters. The zero-order valence-corrected chi connectivity index (χ0v) is 7.42. The van der Waals surface area contributed by atoms with Crippen molar-refractivity contribution in [1.29, 1.82) is 0 Å². The smallest absolute Gasteiger partial charge is 0.337 e. The van der Waals surface area contributed by atoms with Crippen LogP contribution >= 0.6 is 0 Å². The molecule has 1 aromatic rings. The van der Waals surface area contributed by atoms with Crippen molar-refractivity contribution >= 4 is 5.97 Å². The predicted octanol–water partition coefficient (Wildman–Crippen LogP) is 1.92. The Balaban J connectivity index is 2.94. The number of benzene rings is 1. The summed E-state index contributed by atoms with van der Waals surface area (Å²) in [6.45, 7) is -1.12. The van der Waals surface area contributed by atoms with Crippen LogP contribution in [0, 0.1) is 5.82 Å². The van der Waals surface area contributed by atoms with E-state index in [9.17, 15) is 13.6 Å². The molecule has 3 nitrogen and oxygen atoms in total. The van der Waals surface area contributed by atoms with Gasteiger partial charge in [-0.05, 0) is 18.2 Å². The number of halogens is 2. The van der Waals surface area contributed by atoms with E-state index >= 15 is 0 Å². The first kappa shape index (κ1) is 10.4. The highest BCUT2D eigenvalue weighted by Gasteiger charge is 2.10. The molecule has 1 rings (SSSR count). The molecule has 0 radical (unpaired) electrons. The average Bonchev–Trinajstić information content (AvgIpc) is 2.20. The highest BCUT2D eigenvalue weighted by Crippen LogP contribution is 2.18. The fourth-order valence-electron chi connectivity index (χ4n) is 0.921. The Kier molecular flexibility index (Phi) is 3.39. The molecule has 0 heterocycles. The minimum atomic E-state index is -1.12. The van der Waals surface area contributed by atoms with E-state index in [1.807, 2.05) is 0 Å². The second-order valence-electron chi connectivity index (χ2n) is 2.39. The normalized spacial score (nSPS) is 9.64. The van der Waals surface area contributed by atoms with Crippen LogP contribution in [0.25, 0.3) is 0 Å². The Labute approximate surface area is 79.2 Å². The molecular formula is C9H8F2O3. The first-order valence-corrected chi connectivity index (χ1v) is 3.75. The minimum Gasteiger partial charge on any atom is -0.465 e. The predicted molar refractivity (Wildman–Crippen MR) is 44.3 cm³/mol. The summed E-state index contributed by atoms with van der Waals surface area (Å²) < 4.78 is 33.4. The molecule has 0 spiro atoms. The van der Waals surface area contributed by atoms with Gasteiger partial charge in [0.05, 0.1) is 12.7 Å². The van der Waals surface area contributed by atoms with Gasteiger partial charge >= 0.3 is 5.97 Å². The lowest BCUT2D eigenvalue weighted by molar-refractivity contribution is 0.0600. The van der Waals surface area contributed by atoms with Crippen LogP contribution in [0.3, 0.4) is 0 Å². The molecule has 0 N–H and O–H groups in total. The largest absolute Gasteiger partial charge is 0.465 e. The van der Waals surface area contributed by atoms with Gasteiger partial charge in [0.25, 0.3) is 0 Å². The molecule has 5 heteroatoms. The molecule has 0 aliphatic carbocycles. The van der Waals surface area contributed by atoms with Crippen molar-refractivity contribution in [3.05, 3.63) is 29.6 Å². The molecular weight excluding hydrogens is 194 g/mol. The minimum absolute atomic E-state index is 0.0520. The van der Waals surface area contributed by atoms with E-state index in [2.05, 4.69) is 9.47 Å². The highest BCUT2D eigenvalue weighted by atomic mass is 19.1. The SMILES string of the molecule is COC(=O)c1ccc(OCF)c(F)c1. The molecule has 0 saturated carbocycles. The standard InChI is InChI=1S/C9H8F2O3/c1-13-9(12)6-2-3-8(14-5-10)7(11)4-6/h2-4H,5H2,1H3. The van der Waals surface area contributed by atoms with Crippen LogP contribution in [0.4, 0.5) is 8.78 Å². The van der Waals surface area contributed by atoms with E-state index in [0.717, 1.165) is 6.07 Å². The number of carbonyl (C=O) groups excluding carboxylic acids is 1. The first-order valence-electron chi connectivity index (χ1n) is 3.75.